The third-order valence-corrected chi connectivity index (χ3v) is 5.23. The Hall–Kier alpha value is -2.54. The second-order valence-corrected chi connectivity index (χ2v) is 6.94. The Balaban J connectivity index is 1.65. The average molecular weight is 361 g/mol. The van der Waals surface area contributed by atoms with Crippen molar-refractivity contribution in [2.75, 3.05) is 19.2 Å². The van der Waals surface area contributed by atoms with E-state index in [2.05, 4.69) is 5.32 Å². The molecule has 0 bridgehead atoms. The van der Waals surface area contributed by atoms with Gasteiger partial charge < -0.3 is 19.5 Å². The molecule has 2 aromatic rings. The molecule has 25 heavy (non-hydrogen) atoms. The van der Waals surface area contributed by atoms with E-state index in [9.17, 15) is 9.59 Å². The van der Waals surface area contributed by atoms with Crippen LogP contribution in [0.3, 0.4) is 0 Å². The minimum Gasteiger partial charge on any atom is -0.465 e. The van der Waals surface area contributed by atoms with Gasteiger partial charge in [0.1, 0.15) is 5.00 Å². The third kappa shape index (κ3) is 3.61. The number of carbonyl (C=O) groups is 2. The Bertz CT molecular complexity index is 827. The molecule has 0 aliphatic carbocycles. The number of aryl methyl sites for hydroxylation is 2. The van der Waals surface area contributed by atoms with Crippen LogP contribution in [0.5, 0.6) is 11.5 Å². The van der Waals surface area contributed by atoms with E-state index in [1.165, 1.54) is 18.4 Å². The summed E-state index contributed by atoms with van der Waals surface area (Å²) in [6.07, 6.45) is 0.871. The van der Waals surface area contributed by atoms with Gasteiger partial charge in [0.2, 0.25) is 12.7 Å². The number of rotatable bonds is 5. The molecule has 3 rings (SSSR count). The molecule has 2 heterocycles. The lowest BCUT2D eigenvalue weighted by molar-refractivity contribution is -0.116. The number of carbonyl (C=O) groups excluding carboxylic acids is 2. The van der Waals surface area contributed by atoms with Crippen LogP contribution >= 0.6 is 11.3 Å². The van der Waals surface area contributed by atoms with Gasteiger partial charge in [0.15, 0.2) is 11.5 Å². The number of benzene rings is 1. The molecule has 1 amide bonds. The number of esters is 1. The molecular weight excluding hydrogens is 342 g/mol. The molecule has 132 valence electrons. The van der Waals surface area contributed by atoms with E-state index in [1.54, 1.807) is 0 Å². The third-order valence-electron chi connectivity index (χ3n) is 4.11. The zero-order chi connectivity index (χ0) is 18.0. The molecule has 0 fully saturated rings. The molecule has 0 saturated carbocycles. The lowest BCUT2D eigenvalue weighted by Gasteiger charge is -2.07. The van der Waals surface area contributed by atoms with Crippen LogP contribution in [-0.2, 0) is 16.0 Å². The summed E-state index contributed by atoms with van der Waals surface area (Å²) in [6, 6.07) is 5.64. The fourth-order valence-corrected chi connectivity index (χ4v) is 3.67. The number of hydrogen-bond donors (Lipinski definition) is 1. The smallest absolute Gasteiger partial charge is 0.341 e. The van der Waals surface area contributed by atoms with Gasteiger partial charge in [0.05, 0.1) is 12.7 Å². The van der Waals surface area contributed by atoms with Crippen LogP contribution in [0.2, 0.25) is 0 Å². The van der Waals surface area contributed by atoms with Crippen LogP contribution in [0, 0.1) is 13.8 Å². The summed E-state index contributed by atoms with van der Waals surface area (Å²) in [7, 11) is 1.33. The van der Waals surface area contributed by atoms with Crippen molar-refractivity contribution >= 4 is 28.2 Å². The number of thiophene rings is 1. The van der Waals surface area contributed by atoms with E-state index in [-0.39, 0.29) is 12.7 Å². The van der Waals surface area contributed by atoms with Crippen molar-refractivity contribution in [3.63, 3.8) is 0 Å². The maximum atomic E-state index is 12.3. The van der Waals surface area contributed by atoms with Gasteiger partial charge in [-0.25, -0.2) is 4.79 Å². The van der Waals surface area contributed by atoms with Gasteiger partial charge >= 0.3 is 5.97 Å². The van der Waals surface area contributed by atoms with E-state index in [1.807, 2.05) is 32.0 Å². The Kier molecular flexibility index (Phi) is 4.94. The summed E-state index contributed by atoms with van der Waals surface area (Å²) in [6.45, 7) is 3.99. The van der Waals surface area contributed by atoms with Gasteiger partial charge in [-0.1, -0.05) is 6.07 Å². The highest BCUT2D eigenvalue weighted by Gasteiger charge is 2.21. The van der Waals surface area contributed by atoms with Crippen molar-refractivity contribution in [3.05, 3.63) is 39.8 Å². The number of anilines is 1. The summed E-state index contributed by atoms with van der Waals surface area (Å²) < 4.78 is 15.4. The summed E-state index contributed by atoms with van der Waals surface area (Å²) in [4.78, 5) is 25.2. The normalized spacial score (nSPS) is 12.1. The first-order valence-corrected chi connectivity index (χ1v) is 8.68. The van der Waals surface area contributed by atoms with Gasteiger partial charge in [0, 0.05) is 11.3 Å². The van der Waals surface area contributed by atoms with E-state index in [0.29, 0.717) is 29.2 Å². The molecule has 6 nitrogen and oxygen atoms in total. The van der Waals surface area contributed by atoms with Crippen molar-refractivity contribution in [2.24, 2.45) is 0 Å². The Morgan fingerprint density at radius 1 is 1.24 bits per heavy atom. The number of fused-ring (bicyclic) bond motifs is 1. The fraction of sp³-hybridized carbons (Fsp3) is 0.333. The first kappa shape index (κ1) is 17.3. The molecule has 0 spiro atoms. The average Bonchev–Trinajstić information content (AvgIpc) is 3.17. The van der Waals surface area contributed by atoms with Crippen molar-refractivity contribution in [3.8, 4) is 11.5 Å². The summed E-state index contributed by atoms with van der Waals surface area (Å²) in [5.41, 5.74) is 2.26. The topological polar surface area (TPSA) is 73.9 Å². The second kappa shape index (κ2) is 7.14. The maximum Gasteiger partial charge on any atom is 0.341 e. The van der Waals surface area contributed by atoms with Crippen LogP contribution in [0.25, 0.3) is 0 Å². The van der Waals surface area contributed by atoms with Crippen molar-refractivity contribution < 1.29 is 23.8 Å². The molecule has 0 saturated heterocycles. The first-order chi connectivity index (χ1) is 12.0. The number of nitrogens with one attached hydrogen (secondary N) is 1. The number of hydrogen-bond acceptors (Lipinski definition) is 6. The zero-order valence-electron chi connectivity index (χ0n) is 14.3. The lowest BCUT2D eigenvalue weighted by atomic mass is 10.1. The second-order valence-electron chi connectivity index (χ2n) is 5.71. The molecule has 1 aromatic carbocycles. The SMILES string of the molecule is COC(=O)c1c(NC(=O)CCc2ccc3c(c2)OCO3)sc(C)c1C. The molecule has 0 radical (unpaired) electrons. The minimum absolute atomic E-state index is 0.149. The van der Waals surface area contributed by atoms with Crippen LogP contribution in [-0.4, -0.2) is 25.8 Å². The van der Waals surface area contributed by atoms with Gasteiger partial charge in [0.25, 0.3) is 0 Å². The van der Waals surface area contributed by atoms with Crippen LogP contribution in [0.1, 0.15) is 32.8 Å². The molecule has 0 atom stereocenters. The van der Waals surface area contributed by atoms with Gasteiger partial charge in [-0.2, -0.15) is 0 Å². The number of ether oxygens (including phenoxy) is 3. The van der Waals surface area contributed by atoms with Crippen molar-refractivity contribution in [1.82, 2.24) is 0 Å². The van der Waals surface area contributed by atoms with Crippen LogP contribution < -0.4 is 14.8 Å². The fourth-order valence-electron chi connectivity index (χ4n) is 2.61. The van der Waals surface area contributed by atoms with Gasteiger partial charge in [-0.3, -0.25) is 4.79 Å². The largest absolute Gasteiger partial charge is 0.465 e. The van der Waals surface area contributed by atoms with Crippen LogP contribution in [0.4, 0.5) is 5.00 Å². The standard InChI is InChI=1S/C18H19NO5S/c1-10-11(2)25-17(16(10)18(21)22-3)19-15(20)7-5-12-4-6-13-14(8-12)24-9-23-13/h4,6,8H,5,7,9H2,1-3H3,(H,19,20). The minimum atomic E-state index is -0.437. The molecule has 1 N–H and O–H groups in total. The number of methoxy groups -OCH3 is 1. The highest BCUT2D eigenvalue weighted by molar-refractivity contribution is 7.16. The van der Waals surface area contributed by atoms with Crippen molar-refractivity contribution in [2.45, 2.75) is 26.7 Å². The monoisotopic (exact) mass is 361 g/mol. The molecule has 0 unspecified atom stereocenters. The highest BCUT2D eigenvalue weighted by atomic mass is 32.1. The van der Waals surface area contributed by atoms with Gasteiger partial charge in [-0.15, -0.1) is 11.3 Å². The van der Waals surface area contributed by atoms with Gasteiger partial charge in [-0.05, 0) is 43.5 Å². The predicted octanol–water partition coefficient (Wildman–Crippen LogP) is 3.45. The summed E-state index contributed by atoms with van der Waals surface area (Å²) >= 11 is 1.38. The zero-order valence-corrected chi connectivity index (χ0v) is 15.1. The molecular formula is C18H19NO5S. The quantitative estimate of drug-likeness (QED) is 0.826. The molecule has 1 aliphatic rings. The van der Waals surface area contributed by atoms with Crippen LogP contribution in [0.15, 0.2) is 18.2 Å². The van der Waals surface area contributed by atoms with E-state index in [4.69, 9.17) is 14.2 Å². The lowest BCUT2D eigenvalue weighted by Crippen LogP contribution is -2.14. The molecule has 1 aliphatic heterocycles. The molecule has 1 aromatic heterocycles. The Labute approximate surface area is 149 Å². The highest BCUT2D eigenvalue weighted by Crippen LogP contribution is 2.34. The van der Waals surface area contributed by atoms with E-state index in [0.717, 1.165) is 21.8 Å². The first-order valence-electron chi connectivity index (χ1n) is 7.86. The summed E-state index contributed by atoms with van der Waals surface area (Å²) in [5, 5.41) is 3.37. The Morgan fingerprint density at radius 3 is 2.76 bits per heavy atom. The van der Waals surface area contributed by atoms with E-state index < -0.39 is 5.97 Å². The Morgan fingerprint density at radius 2 is 2.00 bits per heavy atom. The predicted molar refractivity (Wildman–Crippen MR) is 94.6 cm³/mol. The van der Waals surface area contributed by atoms with E-state index >= 15 is 0 Å². The number of amides is 1. The summed E-state index contributed by atoms with van der Waals surface area (Å²) in [5.74, 6) is 0.841. The van der Waals surface area contributed by atoms with Crippen molar-refractivity contribution in [1.29, 1.82) is 0 Å². The molecule has 7 heteroatoms. The maximum absolute atomic E-state index is 12.3.